The third-order valence-electron chi connectivity index (χ3n) is 3.11. The molecule has 2 rings (SSSR count). The lowest BCUT2D eigenvalue weighted by molar-refractivity contribution is 0.746. The van der Waals surface area contributed by atoms with Crippen LogP contribution >= 0.6 is 0 Å². The Kier molecular flexibility index (Phi) is 2.31. The lowest BCUT2D eigenvalue weighted by Crippen LogP contribution is -2.05. The smallest absolute Gasteiger partial charge is 0.0480 e. The van der Waals surface area contributed by atoms with Crippen LogP contribution in [0.4, 0.5) is 0 Å². The van der Waals surface area contributed by atoms with Gasteiger partial charge in [-0.15, -0.1) is 0 Å². The van der Waals surface area contributed by atoms with Crippen molar-refractivity contribution in [1.29, 1.82) is 0 Å². The maximum absolute atomic E-state index is 4.70. The van der Waals surface area contributed by atoms with Crippen molar-refractivity contribution in [3.05, 3.63) is 28.1 Å². The molecule has 0 unspecified atom stereocenters. The summed E-state index contributed by atoms with van der Waals surface area (Å²) in [6.07, 6.45) is 0. The molecule has 1 aromatic rings. The molecule has 0 radical (unpaired) electrons. The molecule has 76 valence electrons. The third kappa shape index (κ3) is 1.34. The highest BCUT2D eigenvalue weighted by molar-refractivity contribution is 5.42. The molecule has 0 spiro atoms. The highest BCUT2D eigenvalue weighted by atomic mass is 14.9. The first kappa shape index (κ1) is 9.66. The summed E-state index contributed by atoms with van der Waals surface area (Å²) in [5, 5.41) is 3.41. The number of nitrogens with one attached hydrogen (secondary N) is 1. The van der Waals surface area contributed by atoms with E-state index in [1.165, 1.54) is 28.1 Å². The number of pyridine rings is 1. The summed E-state index contributed by atoms with van der Waals surface area (Å²) in [6.45, 7) is 10.7. The van der Waals surface area contributed by atoms with Crippen LogP contribution in [0, 0.1) is 13.8 Å². The molecule has 0 saturated carbocycles. The normalized spacial score (nSPS) is 14.9. The molecule has 0 bridgehead atoms. The zero-order chi connectivity index (χ0) is 10.3. The van der Waals surface area contributed by atoms with Gasteiger partial charge in [0, 0.05) is 24.5 Å². The Morgan fingerprint density at radius 1 is 1.14 bits per heavy atom. The summed E-state index contributed by atoms with van der Waals surface area (Å²) >= 11 is 0. The maximum atomic E-state index is 4.70. The fourth-order valence-corrected chi connectivity index (χ4v) is 2.16. The lowest BCUT2D eigenvalue weighted by Gasteiger charge is -2.14. The third-order valence-corrected chi connectivity index (χ3v) is 3.11. The van der Waals surface area contributed by atoms with Crippen LogP contribution in [-0.2, 0) is 13.1 Å². The quantitative estimate of drug-likeness (QED) is 0.735. The van der Waals surface area contributed by atoms with E-state index in [1.54, 1.807) is 0 Å². The predicted octanol–water partition coefficient (Wildman–Crippen LogP) is 2.43. The van der Waals surface area contributed by atoms with E-state index in [4.69, 9.17) is 4.98 Å². The number of fused-ring (bicyclic) bond motifs is 1. The van der Waals surface area contributed by atoms with Gasteiger partial charge in [0.15, 0.2) is 0 Å². The van der Waals surface area contributed by atoms with E-state index in [2.05, 4.69) is 33.0 Å². The first-order chi connectivity index (χ1) is 6.61. The molecule has 0 fully saturated rings. The van der Waals surface area contributed by atoms with Gasteiger partial charge in [-0.2, -0.15) is 0 Å². The summed E-state index contributed by atoms with van der Waals surface area (Å²) in [4.78, 5) is 4.70. The Morgan fingerprint density at radius 3 is 2.43 bits per heavy atom. The molecule has 1 aliphatic rings. The number of aromatic nitrogens is 1. The first-order valence-corrected chi connectivity index (χ1v) is 5.30. The largest absolute Gasteiger partial charge is 0.309 e. The Labute approximate surface area is 85.7 Å². The molecule has 0 saturated heterocycles. The van der Waals surface area contributed by atoms with Crippen molar-refractivity contribution in [2.45, 2.75) is 46.7 Å². The molecular formula is C12H18N2. The molecule has 2 heterocycles. The van der Waals surface area contributed by atoms with Crippen LogP contribution in [0.2, 0.25) is 0 Å². The zero-order valence-corrected chi connectivity index (χ0v) is 9.44. The van der Waals surface area contributed by atoms with Gasteiger partial charge in [-0.1, -0.05) is 13.8 Å². The van der Waals surface area contributed by atoms with E-state index in [1.807, 2.05) is 0 Å². The summed E-state index contributed by atoms with van der Waals surface area (Å²) < 4.78 is 0. The first-order valence-electron chi connectivity index (χ1n) is 5.30. The second-order valence-corrected chi connectivity index (χ2v) is 4.42. The molecule has 2 nitrogen and oxygen atoms in total. The van der Waals surface area contributed by atoms with Gasteiger partial charge in [0.2, 0.25) is 0 Å². The molecular weight excluding hydrogens is 172 g/mol. The number of hydrogen-bond acceptors (Lipinski definition) is 2. The monoisotopic (exact) mass is 190 g/mol. The van der Waals surface area contributed by atoms with E-state index >= 15 is 0 Å². The van der Waals surface area contributed by atoms with Crippen LogP contribution in [0.5, 0.6) is 0 Å². The second-order valence-electron chi connectivity index (χ2n) is 4.42. The molecule has 1 N–H and O–H groups in total. The Bertz CT molecular complexity index is 367. The molecule has 0 atom stereocenters. The van der Waals surface area contributed by atoms with Crippen molar-refractivity contribution in [1.82, 2.24) is 10.3 Å². The zero-order valence-electron chi connectivity index (χ0n) is 9.44. The van der Waals surface area contributed by atoms with Gasteiger partial charge in [-0.3, -0.25) is 4.98 Å². The van der Waals surface area contributed by atoms with Crippen molar-refractivity contribution in [3.63, 3.8) is 0 Å². The van der Waals surface area contributed by atoms with Gasteiger partial charge in [0.05, 0.1) is 0 Å². The van der Waals surface area contributed by atoms with Crippen molar-refractivity contribution in [2.24, 2.45) is 0 Å². The maximum Gasteiger partial charge on any atom is 0.0480 e. The van der Waals surface area contributed by atoms with Gasteiger partial charge < -0.3 is 5.32 Å². The van der Waals surface area contributed by atoms with E-state index in [-0.39, 0.29) is 0 Å². The Balaban J connectivity index is 2.64. The Hall–Kier alpha value is -0.890. The van der Waals surface area contributed by atoms with Crippen LogP contribution in [-0.4, -0.2) is 4.98 Å². The van der Waals surface area contributed by atoms with E-state index in [0.29, 0.717) is 5.92 Å². The number of hydrogen-bond donors (Lipinski definition) is 1. The van der Waals surface area contributed by atoms with Crippen molar-refractivity contribution < 1.29 is 0 Å². The standard InChI is InChI=1S/C12H18N2/c1-7(2)12-11-6-13-5-10(11)8(3)9(4)14-12/h7,13H,5-6H2,1-4H3. The molecule has 0 amide bonds. The number of nitrogens with zero attached hydrogens (tertiary/aromatic N) is 1. The Morgan fingerprint density at radius 2 is 1.79 bits per heavy atom. The van der Waals surface area contributed by atoms with Crippen LogP contribution in [0.1, 0.15) is 47.8 Å². The van der Waals surface area contributed by atoms with Crippen LogP contribution in [0.3, 0.4) is 0 Å². The minimum atomic E-state index is 0.531. The van der Waals surface area contributed by atoms with E-state index < -0.39 is 0 Å². The summed E-state index contributed by atoms with van der Waals surface area (Å²) in [5.41, 5.74) is 6.78. The minimum Gasteiger partial charge on any atom is -0.309 e. The highest BCUT2D eigenvalue weighted by Gasteiger charge is 2.20. The van der Waals surface area contributed by atoms with E-state index in [9.17, 15) is 0 Å². The number of rotatable bonds is 1. The SMILES string of the molecule is Cc1nc(C(C)C)c2c(c1C)CNC2. The van der Waals surface area contributed by atoms with E-state index in [0.717, 1.165) is 13.1 Å². The fraction of sp³-hybridized carbons (Fsp3) is 0.583. The second kappa shape index (κ2) is 3.35. The van der Waals surface area contributed by atoms with Crippen LogP contribution in [0.15, 0.2) is 0 Å². The average Bonchev–Trinajstić information content (AvgIpc) is 2.59. The van der Waals surface area contributed by atoms with Gasteiger partial charge in [0.1, 0.15) is 0 Å². The lowest BCUT2D eigenvalue weighted by atomic mass is 9.97. The molecule has 0 aliphatic carbocycles. The highest BCUT2D eigenvalue weighted by Crippen LogP contribution is 2.28. The molecule has 14 heavy (non-hydrogen) atoms. The van der Waals surface area contributed by atoms with Gasteiger partial charge in [0.25, 0.3) is 0 Å². The molecule has 1 aromatic heterocycles. The summed E-state index contributed by atoms with van der Waals surface area (Å²) in [7, 11) is 0. The van der Waals surface area contributed by atoms with Crippen molar-refractivity contribution in [2.75, 3.05) is 0 Å². The van der Waals surface area contributed by atoms with Crippen molar-refractivity contribution >= 4 is 0 Å². The topological polar surface area (TPSA) is 24.9 Å². The summed E-state index contributed by atoms with van der Waals surface area (Å²) in [5.74, 6) is 0.531. The molecule has 0 aromatic carbocycles. The molecule has 2 heteroatoms. The number of aryl methyl sites for hydroxylation is 1. The fourth-order valence-electron chi connectivity index (χ4n) is 2.16. The predicted molar refractivity (Wildman–Crippen MR) is 58.3 cm³/mol. The van der Waals surface area contributed by atoms with Crippen LogP contribution in [0.25, 0.3) is 0 Å². The van der Waals surface area contributed by atoms with Crippen molar-refractivity contribution in [3.8, 4) is 0 Å². The molecule has 1 aliphatic heterocycles. The minimum absolute atomic E-state index is 0.531. The van der Waals surface area contributed by atoms with Crippen LogP contribution < -0.4 is 5.32 Å². The average molecular weight is 190 g/mol. The van der Waals surface area contributed by atoms with Gasteiger partial charge >= 0.3 is 0 Å². The summed E-state index contributed by atoms with van der Waals surface area (Å²) in [6, 6.07) is 0. The van der Waals surface area contributed by atoms with Gasteiger partial charge in [-0.05, 0) is 36.5 Å². The van der Waals surface area contributed by atoms with Gasteiger partial charge in [-0.25, -0.2) is 0 Å².